The summed E-state index contributed by atoms with van der Waals surface area (Å²) in [6, 6.07) is 0.647. The Kier molecular flexibility index (Phi) is 2.37. The van der Waals surface area contributed by atoms with Crippen molar-refractivity contribution in [1.29, 1.82) is 5.41 Å². The molecule has 4 saturated heterocycles. The molecule has 3 N–H and O–H groups in total. The van der Waals surface area contributed by atoms with Crippen LogP contribution in [0.3, 0.4) is 0 Å². The third-order valence-electron chi connectivity index (χ3n) is 3.68. The zero-order valence-electron chi connectivity index (χ0n) is 9.33. The van der Waals surface area contributed by atoms with Gasteiger partial charge in [-0.3, -0.25) is 5.41 Å². The van der Waals surface area contributed by atoms with Gasteiger partial charge in [-0.2, -0.15) is 10.1 Å². The summed E-state index contributed by atoms with van der Waals surface area (Å²) in [7, 11) is 0. The summed E-state index contributed by atoms with van der Waals surface area (Å²) in [5, 5.41) is 19.9. The first-order chi connectivity index (χ1) is 8.24. The number of ether oxygens (including phenoxy) is 1. The van der Waals surface area contributed by atoms with Gasteiger partial charge in [0.2, 0.25) is 5.96 Å². The monoisotopic (exact) mass is 237 g/mol. The Hall–Kier alpha value is -1.47. The molecule has 0 saturated carbocycles. The van der Waals surface area contributed by atoms with Gasteiger partial charge in [0.1, 0.15) is 12.4 Å². The second-order valence-electron chi connectivity index (χ2n) is 4.54. The van der Waals surface area contributed by atoms with E-state index >= 15 is 0 Å². The van der Waals surface area contributed by atoms with Gasteiger partial charge in [0.25, 0.3) is 0 Å². The molecule has 92 valence electrons. The minimum Gasteiger partial charge on any atom is -0.388 e. The maximum atomic E-state index is 8.85. The number of aliphatic hydroxyl groups is 1. The quantitative estimate of drug-likeness (QED) is 0.331. The molecule has 4 heterocycles. The van der Waals surface area contributed by atoms with E-state index in [1.807, 2.05) is 0 Å². The molecule has 4 aliphatic heterocycles. The fourth-order valence-corrected chi connectivity index (χ4v) is 3.13. The lowest BCUT2D eigenvalue weighted by atomic mass is 10.0. The number of hydrazone groups is 1. The third-order valence-corrected chi connectivity index (χ3v) is 3.68. The van der Waals surface area contributed by atoms with E-state index < -0.39 is 0 Å². The number of nitrogens with zero attached hydrogens (tertiary/aromatic N) is 3. The first kappa shape index (κ1) is 10.7. The summed E-state index contributed by atoms with van der Waals surface area (Å²) in [6.45, 7) is 2.99. The maximum absolute atomic E-state index is 8.85. The summed E-state index contributed by atoms with van der Waals surface area (Å²) in [6.07, 6.45) is 2.59. The second-order valence-corrected chi connectivity index (χ2v) is 4.54. The van der Waals surface area contributed by atoms with Gasteiger partial charge in [-0.15, -0.1) is 0 Å². The molecule has 0 radical (unpaired) electrons. The lowest BCUT2D eigenvalue weighted by Gasteiger charge is -2.28. The van der Waals surface area contributed by atoms with Crippen LogP contribution in [0.15, 0.2) is 10.1 Å². The predicted octanol–water partition coefficient (Wildman–Crippen LogP) is -0.869. The Labute approximate surface area is 98.7 Å². The first-order valence-electron chi connectivity index (χ1n) is 5.67. The van der Waals surface area contributed by atoms with E-state index in [-0.39, 0.29) is 24.7 Å². The Morgan fingerprint density at radius 1 is 1.47 bits per heavy atom. The molecule has 4 bridgehead atoms. The lowest BCUT2D eigenvalue weighted by molar-refractivity contribution is 0.0461. The van der Waals surface area contributed by atoms with Crippen molar-refractivity contribution in [2.75, 3.05) is 6.61 Å². The molecular formula is C10H15N5O2. The van der Waals surface area contributed by atoms with Gasteiger partial charge in [-0.1, -0.05) is 0 Å². The highest BCUT2D eigenvalue weighted by atomic mass is 16.5. The normalized spacial score (nSPS) is 37.9. The minimum absolute atomic E-state index is 0.0861. The minimum atomic E-state index is -0.380. The second kappa shape index (κ2) is 3.78. The fraction of sp³-hybridized carbons (Fsp3) is 0.700. The van der Waals surface area contributed by atoms with Gasteiger partial charge in [0, 0.05) is 6.72 Å². The molecule has 3 unspecified atom stereocenters. The molecule has 17 heavy (non-hydrogen) atoms. The Morgan fingerprint density at radius 2 is 2.12 bits per heavy atom. The standard InChI is InChI=1S/C10H15N5O2/c1-12-14-10(13-9(11)4-16)15-5-2-7-6(15)3-8(5)17-7/h5-8,16H,1-4H2,(H2,11,13,14)/t5-,6?,7?,8?/m1/s1. The fourth-order valence-electron chi connectivity index (χ4n) is 3.13. The van der Waals surface area contributed by atoms with E-state index in [0.717, 1.165) is 12.8 Å². The van der Waals surface area contributed by atoms with Crippen LogP contribution < -0.4 is 5.43 Å². The van der Waals surface area contributed by atoms with Crippen molar-refractivity contribution >= 4 is 18.5 Å². The molecule has 4 atom stereocenters. The molecule has 0 aromatic carbocycles. The lowest BCUT2D eigenvalue weighted by Crippen LogP contribution is -2.47. The number of hydrogen-bond donors (Lipinski definition) is 3. The average Bonchev–Trinajstić information content (AvgIpc) is 3.02. The van der Waals surface area contributed by atoms with Crippen molar-refractivity contribution in [1.82, 2.24) is 10.3 Å². The maximum Gasteiger partial charge on any atom is 0.221 e. The van der Waals surface area contributed by atoms with Gasteiger partial charge in [0.05, 0.1) is 24.3 Å². The summed E-state index contributed by atoms with van der Waals surface area (Å²) in [5.41, 5.74) is 2.71. The number of hydrogen-bond acceptors (Lipinski definition) is 4. The number of rotatable bonds is 2. The molecule has 0 aliphatic carbocycles. The van der Waals surface area contributed by atoms with Crippen LogP contribution >= 0.6 is 0 Å². The van der Waals surface area contributed by atoms with E-state index in [1.54, 1.807) is 0 Å². The summed E-state index contributed by atoms with van der Waals surface area (Å²) >= 11 is 0. The number of amidine groups is 1. The van der Waals surface area contributed by atoms with E-state index in [0.29, 0.717) is 18.0 Å². The molecule has 0 spiro atoms. The van der Waals surface area contributed by atoms with Crippen molar-refractivity contribution < 1.29 is 9.84 Å². The van der Waals surface area contributed by atoms with Gasteiger partial charge in [-0.25, -0.2) is 5.43 Å². The van der Waals surface area contributed by atoms with Crippen LogP contribution in [0.25, 0.3) is 0 Å². The van der Waals surface area contributed by atoms with Crippen LogP contribution in [0.2, 0.25) is 0 Å². The molecule has 0 amide bonds. The van der Waals surface area contributed by atoms with Crippen LogP contribution in [-0.2, 0) is 4.74 Å². The highest BCUT2D eigenvalue weighted by molar-refractivity contribution is 5.95. The van der Waals surface area contributed by atoms with E-state index in [9.17, 15) is 0 Å². The topological polar surface area (TPSA) is 93.3 Å². The van der Waals surface area contributed by atoms with Crippen LogP contribution in [0.5, 0.6) is 0 Å². The van der Waals surface area contributed by atoms with Crippen LogP contribution in [-0.4, -0.2) is 59.4 Å². The van der Waals surface area contributed by atoms with Crippen LogP contribution in [0, 0.1) is 5.41 Å². The molecule has 7 heteroatoms. The number of nitrogens with one attached hydrogen (secondary N) is 2. The molecule has 4 aliphatic rings. The molecule has 7 nitrogen and oxygen atoms in total. The number of guanidine groups is 1. The zero-order valence-corrected chi connectivity index (χ0v) is 9.33. The van der Waals surface area contributed by atoms with Crippen LogP contribution in [0.4, 0.5) is 0 Å². The van der Waals surface area contributed by atoms with Crippen LogP contribution in [0.1, 0.15) is 12.8 Å². The summed E-state index contributed by atoms with van der Waals surface area (Å²) in [5.74, 6) is 0.416. The third kappa shape index (κ3) is 1.46. The van der Waals surface area contributed by atoms with Crippen molar-refractivity contribution in [3.05, 3.63) is 0 Å². The summed E-state index contributed by atoms with van der Waals surface area (Å²) in [4.78, 5) is 6.16. The van der Waals surface area contributed by atoms with Gasteiger partial charge in [-0.05, 0) is 12.8 Å². The molecule has 0 aromatic heterocycles. The van der Waals surface area contributed by atoms with Gasteiger partial charge < -0.3 is 14.7 Å². The largest absolute Gasteiger partial charge is 0.388 e. The van der Waals surface area contributed by atoms with E-state index in [1.165, 1.54) is 0 Å². The Morgan fingerprint density at radius 3 is 2.59 bits per heavy atom. The average molecular weight is 237 g/mol. The highest BCUT2D eigenvalue weighted by Gasteiger charge is 2.61. The molecule has 4 rings (SSSR count). The van der Waals surface area contributed by atoms with E-state index in [4.69, 9.17) is 15.3 Å². The zero-order chi connectivity index (χ0) is 12.0. The number of aliphatic hydroxyl groups excluding tert-OH is 1. The van der Waals surface area contributed by atoms with E-state index in [2.05, 4.69) is 27.1 Å². The predicted molar refractivity (Wildman–Crippen MR) is 62.2 cm³/mol. The van der Waals surface area contributed by atoms with Crippen molar-refractivity contribution in [3.8, 4) is 0 Å². The van der Waals surface area contributed by atoms with Crippen molar-refractivity contribution in [3.63, 3.8) is 0 Å². The SMILES string of the molecule is C=NN/C(=N\C(=N)CO)N1C2CC3OC2C[C@H]31. The van der Waals surface area contributed by atoms with Crippen molar-refractivity contribution in [2.45, 2.75) is 37.1 Å². The van der Waals surface area contributed by atoms with Gasteiger partial charge >= 0.3 is 0 Å². The highest BCUT2D eigenvalue weighted by Crippen LogP contribution is 2.48. The number of aliphatic imine (C=N–C) groups is 1. The first-order valence-corrected chi connectivity index (χ1v) is 5.67. The molecule has 4 fully saturated rings. The Bertz CT molecular complexity index is 380. The van der Waals surface area contributed by atoms with Crippen molar-refractivity contribution in [2.24, 2.45) is 10.1 Å². The molecule has 0 aromatic rings. The Balaban J connectivity index is 1.84. The molecular weight excluding hydrogens is 222 g/mol. The van der Waals surface area contributed by atoms with Gasteiger partial charge in [0.15, 0.2) is 0 Å². The summed E-state index contributed by atoms with van der Waals surface area (Å²) < 4.78 is 5.75. The number of morpholine rings is 1. The smallest absolute Gasteiger partial charge is 0.221 e.